The lowest BCUT2D eigenvalue weighted by atomic mass is 10.2. The minimum absolute atomic E-state index is 0.0278. The molecule has 1 aromatic rings. The molecular weight excluding hydrogens is 276 g/mol. The highest BCUT2D eigenvalue weighted by molar-refractivity contribution is 5.13. The van der Waals surface area contributed by atoms with E-state index in [1.54, 1.807) is 0 Å². The second-order valence-corrected chi connectivity index (χ2v) is 3.93. The van der Waals surface area contributed by atoms with E-state index in [0.717, 1.165) is 5.56 Å². The van der Waals surface area contributed by atoms with Gasteiger partial charge in [0, 0.05) is 0 Å². The normalized spacial score (nSPS) is 10.0. The molecule has 0 saturated heterocycles. The molecule has 6 nitrogen and oxygen atoms in total. The van der Waals surface area contributed by atoms with Crippen molar-refractivity contribution in [1.82, 2.24) is 0 Å². The minimum Gasteiger partial charge on any atom is -0.394 e. The quantitative estimate of drug-likeness (QED) is 0.506. The molecule has 0 unspecified atom stereocenters. The molecule has 0 saturated carbocycles. The maximum absolute atomic E-state index is 8.43. The number of ether oxygens (including phenoxy) is 3. The van der Waals surface area contributed by atoms with Crippen LogP contribution in [0.1, 0.15) is 5.56 Å². The summed E-state index contributed by atoms with van der Waals surface area (Å²) in [6, 6.07) is 10.00. The van der Waals surface area contributed by atoms with E-state index in [1.165, 1.54) is 0 Å². The molecular formula is C15H26O6. The Bertz CT molecular complexity index is 289. The Morgan fingerprint density at radius 2 is 1.10 bits per heavy atom. The molecule has 21 heavy (non-hydrogen) atoms. The number of aliphatic hydroxyl groups excluding tert-OH is 3. The van der Waals surface area contributed by atoms with Crippen molar-refractivity contribution in [3.63, 3.8) is 0 Å². The maximum atomic E-state index is 8.43. The molecule has 0 spiro atoms. The van der Waals surface area contributed by atoms with Gasteiger partial charge >= 0.3 is 0 Å². The summed E-state index contributed by atoms with van der Waals surface area (Å²) in [6.45, 7) is 2.86. The van der Waals surface area contributed by atoms with Crippen LogP contribution in [-0.4, -0.2) is 68.2 Å². The zero-order chi connectivity index (χ0) is 15.6. The Labute approximate surface area is 125 Å². The van der Waals surface area contributed by atoms with Gasteiger partial charge in [0.05, 0.1) is 59.5 Å². The van der Waals surface area contributed by atoms with Gasteiger partial charge in [-0.05, 0) is 5.56 Å². The van der Waals surface area contributed by atoms with Crippen LogP contribution in [0, 0.1) is 0 Å². The first-order valence-electron chi connectivity index (χ1n) is 6.94. The molecule has 0 aliphatic carbocycles. The fourth-order valence-corrected chi connectivity index (χ4v) is 1.28. The van der Waals surface area contributed by atoms with Crippen LogP contribution in [0.4, 0.5) is 0 Å². The van der Waals surface area contributed by atoms with Crippen LogP contribution in [0.5, 0.6) is 0 Å². The number of aliphatic hydroxyl groups is 3. The van der Waals surface area contributed by atoms with E-state index in [2.05, 4.69) is 4.74 Å². The predicted molar refractivity (Wildman–Crippen MR) is 79.0 cm³/mol. The topological polar surface area (TPSA) is 88.4 Å². The van der Waals surface area contributed by atoms with Gasteiger partial charge in [0.1, 0.15) is 0 Å². The van der Waals surface area contributed by atoms with Crippen LogP contribution in [0.3, 0.4) is 0 Å². The fourth-order valence-electron chi connectivity index (χ4n) is 1.28. The van der Waals surface area contributed by atoms with Crippen LogP contribution in [-0.2, 0) is 20.8 Å². The first-order chi connectivity index (χ1) is 10.3. The number of benzene rings is 1. The third-order valence-electron chi connectivity index (χ3n) is 2.19. The van der Waals surface area contributed by atoms with Crippen LogP contribution in [0.2, 0.25) is 0 Å². The van der Waals surface area contributed by atoms with Gasteiger partial charge in [-0.2, -0.15) is 0 Å². The third kappa shape index (κ3) is 15.2. The van der Waals surface area contributed by atoms with Gasteiger partial charge in [-0.1, -0.05) is 30.3 Å². The average molecular weight is 302 g/mol. The Hall–Kier alpha value is -1.02. The summed E-state index contributed by atoms with van der Waals surface area (Å²) in [7, 11) is 0. The fraction of sp³-hybridized carbons (Fsp3) is 0.600. The Morgan fingerprint density at radius 3 is 1.62 bits per heavy atom. The van der Waals surface area contributed by atoms with Gasteiger partial charge in [-0.3, -0.25) is 0 Å². The molecule has 0 heterocycles. The summed E-state index contributed by atoms with van der Waals surface area (Å²) in [5.74, 6) is 0. The van der Waals surface area contributed by atoms with Gasteiger partial charge in [-0.15, -0.1) is 0 Å². The van der Waals surface area contributed by atoms with E-state index in [4.69, 9.17) is 24.8 Å². The van der Waals surface area contributed by atoms with Crippen LogP contribution in [0.25, 0.3) is 0 Å². The Morgan fingerprint density at radius 1 is 0.619 bits per heavy atom. The lowest BCUT2D eigenvalue weighted by Gasteiger charge is -2.04. The van der Waals surface area contributed by atoms with Crippen molar-refractivity contribution in [3.8, 4) is 0 Å². The summed E-state index contributed by atoms with van der Waals surface area (Å²) in [4.78, 5) is 0. The van der Waals surface area contributed by atoms with E-state index in [9.17, 15) is 0 Å². The molecule has 0 bridgehead atoms. The largest absolute Gasteiger partial charge is 0.394 e. The number of hydrogen-bond donors (Lipinski definition) is 3. The molecule has 6 heteroatoms. The standard InChI is InChI=1S/C11H16O3.C4H10O3/c12-6-7-13-8-9-14-10-11-4-2-1-3-5-11;5-1-3-7-4-2-6/h1-5,12H,6-10H2;5-6H,1-4H2. The Kier molecular flexibility index (Phi) is 16.2. The molecule has 0 fully saturated rings. The van der Waals surface area contributed by atoms with Gasteiger partial charge in [0.2, 0.25) is 0 Å². The molecule has 0 radical (unpaired) electrons. The first-order valence-corrected chi connectivity index (χ1v) is 6.94. The van der Waals surface area contributed by atoms with Crippen molar-refractivity contribution in [2.45, 2.75) is 6.61 Å². The van der Waals surface area contributed by atoms with Gasteiger partial charge in [0.15, 0.2) is 0 Å². The van der Waals surface area contributed by atoms with E-state index < -0.39 is 0 Å². The van der Waals surface area contributed by atoms with Crippen LogP contribution >= 0.6 is 0 Å². The van der Waals surface area contributed by atoms with Crippen molar-refractivity contribution in [2.24, 2.45) is 0 Å². The van der Waals surface area contributed by atoms with E-state index >= 15 is 0 Å². The smallest absolute Gasteiger partial charge is 0.0718 e. The van der Waals surface area contributed by atoms with Crippen molar-refractivity contribution in [2.75, 3.05) is 52.9 Å². The van der Waals surface area contributed by atoms with E-state index in [0.29, 0.717) is 39.6 Å². The van der Waals surface area contributed by atoms with Crippen LogP contribution < -0.4 is 0 Å². The lowest BCUT2D eigenvalue weighted by molar-refractivity contribution is 0.0274. The lowest BCUT2D eigenvalue weighted by Crippen LogP contribution is -2.07. The van der Waals surface area contributed by atoms with Crippen molar-refractivity contribution in [3.05, 3.63) is 35.9 Å². The molecule has 0 aliphatic rings. The predicted octanol–water partition coefficient (Wildman–Crippen LogP) is 0.200. The summed E-state index contributed by atoms with van der Waals surface area (Å²) < 4.78 is 15.0. The highest BCUT2D eigenvalue weighted by Crippen LogP contribution is 1.99. The number of hydrogen-bond acceptors (Lipinski definition) is 6. The SMILES string of the molecule is OCCOCCO.OCCOCCOCc1ccccc1. The highest BCUT2D eigenvalue weighted by Gasteiger charge is 1.91. The molecule has 3 N–H and O–H groups in total. The maximum Gasteiger partial charge on any atom is 0.0718 e. The van der Waals surface area contributed by atoms with E-state index in [-0.39, 0.29) is 19.8 Å². The summed E-state index contributed by atoms with van der Waals surface area (Å²) >= 11 is 0. The highest BCUT2D eigenvalue weighted by atomic mass is 16.5. The minimum atomic E-state index is 0.0278. The summed E-state index contributed by atoms with van der Waals surface area (Å²) in [5, 5.41) is 24.6. The molecule has 0 aromatic heterocycles. The van der Waals surface area contributed by atoms with Gasteiger partial charge in [0.25, 0.3) is 0 Å². The average Bonchev–Trinajstić information content (AvgIpc) is 2.53. The second kappa shape index (κ2) is 17.0. The van der Waals surface area contributed by atoms with Crippen molar-refractivity contribution < 1.29 is 29.5 Å². The number of rotatable bonds is 11. The third-order valence-corrected chi connectivity index (χ3v) is 2.19. The summed E-state index contributed by atoms with van der Waals surface area (Å²) in [5.41, 5.74) is 1.16. The summed E-state index contributed by atoms with van der Waals surface area (Å²) in [6.07, 6.45) is 0. The molecule has 0 atom stereocenters. The molecule has 0 amide bonds. The zero-order valence-corrected chi connectivity index (χ0v) is 12.3. The molecule has 1 rings (SSSR count). The van der Waals surface area contributed by atoms with E-state index in [1.807, 2.05) is 30.3 Å². The van der Waals surface area contributed by atoms with Crippen LogP contribution in [0.15, 0.2) is 30.3 Å². The molecule has 122 valence electrons. The van der Waals surface area contributed by atoms with Crippen molar-refractivity contribution >= 4 is 0 Å². The van der Waals surface area contributed by atoms with Gasteiger partial charge in [-0.25, -0.2) is 0 Å². The zero-order valence-electron chi connectivity index (χ0n) is 12.3. The first kappa shape index (κ1) is 20.0. The van der Waals surface area contributed by atoms with Gasteiger partial charge < -0.3 is 29.5 Å². The second-order valence-electron chi connectivity index (χ2n) is 3.93. The monoisotopic (exact) mass is 302 g/mol. The molecule has 0 aliphatic heterocycles. The Balaban J connectivity index is 0.000000486. The van der Waals surface area contributed by atoms with Crippen molar-refractivity contribution in [1.29, 1.82) is 0 Å². The molecule has 1 aromatic carbocycles.